The zero-order chi connectivity index (χ0) is 19.1. The summed E-state index contributed by atoms with van der Waals surface area (Å²) in [5.41, 5.74) is 0.541. The lowest BCUT2D eigenvalue weighted by Gasteiger charge is -2.28. The van der Waals surface area contributed by atoms with Gasteiger partial charge in [0.15, 0.2) is 0 Å². The van der Waals surface area contributed by atoms with Crippen LogP contribution in [0.25, 0.3) is 0 Å². The van der Waals surface area contributed by atoms with Crippen molar-refractivity contribution in [3.8, 4) is 0 Å². The van der Waals surface area contributed by atoms with Crippen LogP contribution in [0.2, 0.25) is 0 Å². The second-order valence-electron chi connectivity index (χ2n) is 6.32. The number of aliphatic hydroxyl groups excluding tert-OH is 1. The standard InChI is InChI=1S/C19H27N3O4/c1-3-21(4-2)19(26)16-12-15(13-22(16)17(24)10-11-23)20-18(25)14-8-6-5-7-9-14/h5-9,15-16,23H,3-4,10-13H2,1-2H3,(H,20,25)/t15-,16+/m1/s1. The summed E-state index contributed by atoms with van der Waals surface area (Å²) >= 11 is 0. The van der Waals surface area contributed by atoms with E-state index in [4.69, 9.17) is 5.11 Å². The van der Waals surface area contributed by atoms with Gasteiger partial charge in [-0.1, -0.05) is 18.2 Å². The molecule has 2 rings (SSSR count). The fraction of sp³-hybridized carbons (Fsp3) is 0.526. The number of amides is 3. The van der Waals surface area contributed by atoms with Crippen molar-refractivity contribution >= 4 is 17.7 Å². The first-order valence-electron chi connectivity index (χ1n) is 9.06. The topological polar surface area (TPSA) is 90.0 Å². The van der Waals surface area contributed by atoms with Crippen LogP contribution in [0.5, 0.6) is 0 Å². The molecular weight excluding hydrogens is 334 g/mol. The number of carbonyl (C=O) groups excluding carboxylic acids is 3. The van der Waals surface area contributed by atoms with Crippen molar-refractivity contribution in [1.29, 1.82) is 0 Å². The van der Waals surface area contributed by atoms with Gasteiger partial charge in [-0.15, -0.1) is 0 Å². The minimum Gasteiger partial charge on any atom is -0.396 e. The first-order chi connectivity index (χ1) is 12.5. The summed E-state index contributed by atoms with van der Waals surface area (Å²) in [6, 6.07) is 7.95. The minimum atomic E-state index is -0.602. The lowest BCUT2D eigenvalue weighted by Crippen LogP contribution is -2.47. The van der Waals surface area contributed by atoms with E-state index in [-0.39, 0.29) is 43.3 Å². The molecule has 7 heteroatoms. The number of aliphatic hydroxyl groups is 1. The second-order valence-corrected chi connectivity index (χ2v) is 6.32. The summed E-state index contributed by atoms with van der Waals surface area (Å²) in [5.74, 6) is -0.603. The van der Waals surface area contributed by atoms with Gasteiger partial charge in [0.2, 0.25) is 11.8 Å². The molecule has 0 spiro atoms. The summed E-state index contributed by atoms with van der Waals surface area (Å²) in [7, 11) is 0. The molecule has 2 N–H and O–H groups in total. The SMILES string of the molecule is CCN(CC)C(=O)[C@@H]1C[C@@H](NC(=O)c2ccccc2)CN1C(=O)CCO. The average Bonchev–Trinajstić information content (AvgIpc) is 3.07. The molecule has 0 aromatic heterocycles. The van der Waals surface area contributed by atoms with E-state index >= 15 is 0 Å². The van der Waals surface area contributed by atoms with E-state index < -0.39 is 6.04 Å². The number of hydrogen-bond acceptors (Lipinski definition) is 4. The Balaban J connectivity index is 2.12. The summed E-state index contributed by atoms with van der Waals surface area (Å²) in [6.45, 7) is 4.93. The number of nitrogens with zero attached hydrogens (tertiary/aromatic N) is 2. The van der Waals surface area contributed by atoms with Crippen LogP contribution in [0.1, 0.15) is 37.0 Å². The van der Waals surface area contributed by atoms with E-state index in [9.17, 15) is 14.4 Å². The van der Waals surface area contributed by atoms with Gasteiger partial charge in [-0.2, -0.15) is 0 Å². The summed E-state index contributed by atoms with van der Waals surface area (Å²) in [6.07, 6.45) is 0.354. The minimum absolute atomic E-state index is 0.0264. The number of likely N-dealkylation sites (tertiary alicyclic amines) is 1. The molecule has 0 saturated carbocycles. The van der Waals surface area contributed by atoms with Crippen LogP contribution in [0.4, 0.5) is 0 Å². The smallest absolute Gasteiger partial charge is 0.251 e. The zero-order valence-electron chi connectivity index (χ0n) is 15.4. The van der Waals surface area contributed by atoms with Gasteiger partial charge < -0.3 is 20.2 Å². The van der Waals surface area contributed by atoms with E-state index in [1.165, 1.54) is 4.90 Å². The molecule has 0 unspecified atom stereocenters. The van der Waals surface area contributed by atoms with Crippen molar-refractivity contribution in [1.82, 2.24) is 15.1 Å². The lowest BCUT2D eigenvalue weighted by molar-refractivity contribution is -0.144. The third kappa shape index (κ3) is 4.60. The molecule has 1 aliphatic rings. The molecule has 142 valence electrons. The molecule has 0 radical (unpaired) electrons. The normalized spacial score (nSPS) is 19.3. The number of likely N-dealkylation sites (N-methyl/N-ethyl adjacent to an activating group) is 1. The predicted octanol–water partition coefficient (Wildman–Crippen LogP) is 0.637. The first-order valence-corrected chi connectivity index (χ1v) is 9.06. The number of benzene rings is 1. The Kier molecular flexibility index (Phi) is 7.15. The Bertz CT molecular complexity index is 631. The van der Waals surface area contributed by atoms with Gasteiger partial charge in [-0.05, 0) is 32.4 Å². The highest BCUT2D eigenvalue weighted by Crippen LogP contribution is 2.21. The predicted molar refractivity (Wildman–Crippen MR) is 97.4 cm³/mol. The van der Waals surface area contributed by atoms with Crippen LogP contribution >= 0.6 is 0 Å². The third-order valence-electron chi connectivity index (χ3n) is 4.68. The van der Waals surface area contributed by atoms with Crippen LogP contribution in [0.15, 0.2) is 30.3 Å². The van der Waals surface area contributed by atoms with Crippen LogP contribution in [-0.4, -0.2) is 71.0 Å². The monoisotopic (exact) mass is 361 g/mol. The van der Waals surface area contributed by atoms with Crippen LogP contribution in [0, 0.1) is 0 Å². The Morgan fingerprint density at radius 3 is 2.42 bits per heavy atom. The Labute approximate surface area is 154 Å². The van der Waals surface area contributed by atoms with Gasteiger partial charge in [0, 0.05) is 37.7 Å². The molecule has 26 heavy (non-hydrogen) atoms. The van der Waals surface area contributed by atoms with E-state index in [1.54, 1.807) is 29.2 Å². The molecule has 0 aliphatic carbocycles. The van der Waals surface area contributed by atoms with Crippen molar-refractivity contribution in [3.63, 3.8) is 0 Å². The maximum atomic E-state index is 12.8. The molecule has 1 aliphatic heterocycles. The summed E-state index contributed by atoms with van der Waals surface area (Å²) < 4.78 is 0. The molecule has 1 fully saturated rings. The zero-order valence-corrected chi connectivity index (χ0v) is 15.4. The Hall–Kier alpha value is -2.41. The van der Waals surface area contributed by atoms with Crippen LogP contribution in [-0.2, 0) is 9.59 Å². The van der Waals surface area contributed by atoms with Crippen molar-refractivity contribution in [2.24, 2.45) is 0 Å². The van der Waals surface area contributed by atoms with E-state index in [1.807, 2.05) is 19.9 Å². The highest BCUT2D eigenvalue weighted by atomic mass is 16.3. The maximum Gasteiger partial charge on any atom is 0.251 e. The van der Waals surface area contributed by atoms with E-state index in [0.717, 1.165) is 0 Å². The number of nitrogens with one attached hydrogen (secondary N) is 1. The molecule has 1 aromatic carbocycles. The molecular formula is C19H27N3O4. The van der Waals surface area contributed by atoms with Crippen molar-refractivity contribution < 1.29 is 19.5 Å². The second kappa shape index (κ2) is 9.33. The lowest BCUT2D eigenvalue weighted by atomic mass is 10.1. The van der Waals surface area contributed by atoms with Gasteiger partial charge in [0.25, 0.3) is 5.91 Å². The Morgan fingerprint density at radius 2 is 1.85 bits per heavy atom. The fourth-order valence-corrected chi connectivity index (χ4v) is 3.29. The first kappa shape index (κ1) is 19.9. The van der Waals surface area contributed by atoms with Crippen molar-refractivity contribution in [3.05, 3.63) is 35.9 Å². The molecule has 1 heterocycles. The van der Waals surface area contributed by atoms with Crippen molar-refractivity contribution in [2.75, 3.05) is 26.2 Å². The van der Waals surface area contributed by atoms with Gasteiger partial charge in [0.1, 0.15) is 6.04 Å². The van der Waals surface area contributed by atoms with Gasteiger partial charge in [0.05, 0.1) is 6.61 Å². The summed E-state index contributed by atoms with van der Waals surface area (Å²) in [5, 5.41) is 12.0. The highest BCUT2D eigenvalue weighted by Gasteiger charge is 2.41. The van der Waals surface area contributed by atoms with Gasteiger partial charge in [-0.25, -0.2) is 0 Å². The number of rotatable bonds is 7. The van der Waals surface area contributed by atoms with Crippen LogP contribution < -0.4 is 5.32 Å². The van der Waals surface area contributed by atoms with E-state index in [2.05, 4.69) is 5.32 Å². The number of hydrogen-bond donors (Lipinski definition) is 2. The third-order valence-corrected chi connectivity index (χ3v) is 4.68. The highest BCUT2D eigenvalue weighted by molar-refractivity contribution is 5.95. The molecule has 7 nitrogen and oxygen atoms in total. The molecule has 1 aromatic rings. The maximum absolute atomic E-state index is 12.8. The Morgan fingerprint density at radius 1 is 1.19 bits per heavy atom. The molecule has 3 amide bonds. The van der Waals surface area contributed by atoms with Crippen LogP contribution in [0.3, 0.4) is 0 Å². The molecule has 2 atom stereocenters. The molecule has 0 bridgehead atoms. The number of carbonyl (C=O) groups is 3. The summed E-state index contributed by atoms with van der Waals surface area (Å²) in [4.78, 5) is 40.7. The van der Waals surface area contributed by atoms with Gasteiger partial charge in [-0.3, -0.25) is 14.4 Å². The van der Waals surface area contributed by atoms with Crippen molar-refractivity contribution in [2.45, 2.75) is 38.8 Å². The fourth-order valence-electron chi connectivity index (χ4n) is 3.29. The largest absolute Gasteiger partial charge is 0.396 e. The van der Waals surface area contributed by atoms with Gasteiger partial charge >= 0.3 is 0 Å². The average molecular weight is 361 g/mol. The molecule has 1 saturated heterocycles. The van der Waals surface area contributed by atoms with E-state index in [0.29, 0.717) is 25.1 Å². The quantitative estimate of drug-likeness (QED) is 0.746.